The Hall–Kier alpha value is -5.98. The summed E-state index contributed by atoms with van der Waals surface area (Å²) in [5, 5.41) is 7.88. The van der Waals surface area contributed by atoms with Crippen molar-refractivity contribution in [3.8, 4) is 55.6 Å². The standard InChI is InChI=1S/C54H42/c1-53(2)47-19-11-9-15-39(47)41-26-24-37(31-49(41)53)51-43-17-7-8-18-44(43)52(38-25-27-42-40-16-10-12-20-48(40)54(3,4)50(42)32-38)46-30-36(23-28-45(46)51)35-22-21-33-13-5-6-14-34(33)29-35/h7-32H,5-6H2,1-4H3. The average Bonchev–Trinajstić information content (AvgIpc) is 3.58. The van der Waals surface area contributed by atoms with E-state index in [1.165, 1.54) is 110 Å². The van der Waals surface area contributed by atoms with E-state index in [-0.39, 0.29) is 10.8 Å². The lowest BCUT2D eigenvalue weighted by Gasteiger charge is -2.24. The highest BCUT2D eigenvalue weighted by Gasteiger charge is 2.37. The van der Waals surface area contributed by atoms with Gasteiger partial charge in [-0.2, -0.15) is 0 Å². The van der Waals surface area contributed by atoms with E-state index in [0.717, 1.165) is 12.8 Å². The van der Waals surface area contributed by atoms with Crippen molar-refractivity contribution in [2.45, 2.75) is 51.4 Å². The number of hydrogen-bond donors (Lipinski definition) is 0. The van der Waals surface area contributed by atoms with Gasteiger partial charge in [-0.15, -0.1) is 0 Å². The number of rotatable bonds is 3. The third-order valence-corrected chi connectivity index (χ3v) is 13.1. The number of benzene rings is 8. The molecule has 8 aromatic rings. The summed E-state index contributed by atoms with van der Waals surface area (Å²) < 4.78 is 0. The van der Waals surface area contributed by atoms with Crippen LogP contribution in [0, 0.1) is 0 Å². The van der Waals surface area contributed by atoms with Crippen molar-refractivity contribution in [3.05, 3.63) is 178 Å². The van der Waals surface area contributed by atoms with Crippen LogP contribution in [0.15, 0.2) is 146 Å². The van der Waals surface area contributed by atoms with E-state index in [1.54, 1.807) is 0 Å². The molecule has 0 bridgehead atoms. The first-order valence-electron chi connectivity index (χ1n) is 19.6. The molecule has 3 aliphatic carbocycles. The van der Waals surface area contributed by atoms with Crippen molar-refractivity contribution >= 4 is 33.7 Å². The van der Waals surface area contributed by atoms with Gasteiger partial charge in [0.05, 0.1) is 0 Å². The van der Waals surface area contributed by atoms with Gasteiger partial charge in [-0.1, -0.05) is 161 Å². The van der Waals surface area contributed by atoms with Crippen molar-refractivity contribution in [1.82, 2.24) is 0 Å². The van der Waals surface area contributed by atoms with Crippen LogP contribution < -0.4 is 10.4 Å². The Bertz CT molecular complexity index is 3040. The van der Waals surface area contributed by atoms with Crippen molar-refractivity contribution in [2.75, 3.05) is 0 Å². The Morgan fingerprint density at radius 2 is 0.778 bits per heavy atom. The second-order valence-electron chi connectivity index (χ2n) is 16.7. The Kier molecular flexibility index (Phi) is 6.58. The third-order valence-electron chi connectivity index (χ3n) is 13.1. The van der Waals surface area contributed by atoms with Crippen LogP contribution in [0.2, 0.25) is 0 Å². The maximum atomic E-state index is 2.50. The maximum Gasteiger partial charge on any atom is 0.0159 e. The quantitative estimate of drug-likeness (QED) is 0.162. The smallest absolute Gasteiger partial charge is 0.0159 e. The molecule has 0 unspecified atom stereocenters. The molecule has 0 saturated heterocycles. The molecule has 0 atom stereocenters. The molecule has 0 spiro atoms. The van der Waals surface area contributed by atoms with Crippen molar-refractivity contribution in [2.24, 2.45) is 0 Å². The van der Waals surface area contributed by atoms with Crippen LogP contribution in [0.4, 0.5) is 0 Å². The lowest BCUT2D eigenvalue weighted by Crippen LogP contribution is -2.26. The molecule has 0 nitrogen and oxygen atoms in total. The zero-order chi connectivity index (χ0) is 36.3. The fraction of sp³-hybridized carbons (Fsp3) is 0.148. The van der Waals surface area contributed by atoms with E-state index in [0.29, 0.717) is 0 Å². The SMILES string of the molecule is CC1(C)c2ccccc2-c2ccc(-c3c4ccccc4c(-c4ccc5c(c4)C(C)(C)c4ccccc4-5)c4cc(-c5ccc6c(c5)=CCCC=6)ccc34)cc21. The van der Waals surface area contributed by atoms with Gasteiger partial charge in [0, 0.05) is 10.8 Å². The topological polar surface area (TPSA) is 0 Å². The first-order chi connectivity index (χ1) is 26.3. The maximum absolute atomic E-state index is 2.50. The zero-order valence-corrected chi connectivity index (χ0v) is 31.4. The summed E-state index contributed by atoms with van der Waals surface area (Å²) in [6.07, 6.45) is 7.00. The summed E-state index contributed by atoms with van der Waals surface area (Å²) in [7, 11) is 0. The van der Waals surface area contributed by atoms with Crippen molar-refractivity contribution in [1.29, 1.82) is 0 Å². The van der Waals surface area contributed by atoms with Gasteiger partial charge in [-0.25, -0.2) is 0 Å². The first-order valence-corrected chi connectivity index (χ1v) is 19.6. The van der Waals surface area contributed by atoms with Gasteiger partial charge in [0.25, 0.3) is 0 Å². The van der Waals surface area contributed by atoms with E-state index in [4.69, 9.17) is 0 Å². The molecule has 3 aliphatic rings. The molecular formula is C54H42. The van der Waals surface area contributed by atoms with E-state index >= 15 is 0 Å². The predicted octanol–water partition coefficient (Wildman–Crippen LogP) is 13.0. The van der Waals surface area contributed by atoms with Gasteiger partial charge < -0.3 is 0 Å². The van der Waals surface area contributed by atoms with E-state index < -0.39 is 0 Å². The molecular weight excluding hydrogens is 649 g/mol. The summed E-state index contributed by atoms with van der Waals surface area (Å²) >= 11 is 0. The minimum Gasteiger partial charge on any atom is -0.0764 e. The molecule has 0 N–H and O–H groups in total. The summed E-state index contributed by atoms with van der Waals surface area (Å²) in [6, 6.07) is 55.8. The van der Waals surface area contributed by atoms with Gasteiger partial charge in [0.1, 0.15) is 0 Å². The molecule has 0 heterocycles. The Morgan fingerprint density at radius 1 is 0.333 bits per heavy atom. The molecule has 8 aromatic carbocycles. The van der Waals surface area contributed by atoms with Gasteiger partial charge in [0.15, 0.2) is 0 Å². The van der Waals surface area contributed by atoms with Gasteiger partial charge in [-0.05, 0) is 147 Å². The molecule has 11 rings (SSSR count). The molecule has 0 fully saturated rings. The van der Waals surface area contributed by atoms with Crippen molar-refractivity contribution in [3.63, 3.8) is 0 Å². The van der Waals surface area contributed by atoms with E-state index in [1.807, 2.05) is 0 Å². The molecule has 0 saturated carbocycles. The van der Waals surface area contributed by atoms with E-state index in [2.05, 4.69) is 185 Å². The second kappa shape index (κ2) is 11.3. The summed E-state index contributed by atoms with van der Waals surface area (Å²) in [4.78, 5) is 0. The molecule has 0 heteroatoms. The number of hydrogen-bond acceptors (Lipinski definition) is 0. The summed E-state index contributed by atoms with van der Waals surface area (Å²) in [5.41, 5.74) is 18.6. The van der Waals surface area contributed by atoms with Crippen LogP contribution in [0.3, 0.4) is 0 Å². The molecule has 258 valence electrons. The van der Waals surface area contributed by atoms with E-state index in [9.17, 15) is 0 Å². The Labute approximate surface area is 317 Å². The first kappa shape index (κ1) is 31.5. The second-order valence-corrected chi connectivity index (χ2v) is 16.7. The lowest BCUT2D eigenvalue weighted by atomic mass is 9.79. The summed E-state index contributed by atoms with van der Waals surface area (Å²) in [6.45, 7) is 9.54. The average molecular weight is 691 g/mol. The van der Waals surface area contributed by atoms with Gasteiger partial charge in [-0.3, -0.25) is 0 Å². The molecule has 0 aliphatic heterocycles. The van der Waals surface area contributed by atoms with Gasteiger partial charge >= 0.3 is 0 Å². The van der Waals surface area contributed by atoms with Crippen molar-refractivity contribution < 1.29 is 0 Å². The lowest BCUT2D eigenvalue weighted by molar-refractivity contribution is 0.660. The van der Waals surface area contributed by atoms with Crippen LogP contribution >= 0.6 is 0 Å². The van der Waals surface area contributed by atoms with Crippen LogP contribution in [0.1, 0.15) is 62.8 Å². The molecule has 0 radical (unpaired) electrons. The fourth-order valence-electron chi connectivity index (χ4n) is 10.3. The van der Waals surface area contributed by atoms with Crippen LogP contribution in [0.25, 0.3) is 89.3 Å². The third kappa shape index (κ3) is 4.37. The number of fused-ring (bicyclic) bond motifs is 9. The molecule has 0 amide bonds. The Morgan fingerprint density at radius 3 is 1.39 bits per heavy atom. The Balaban J connectivity index is 1.21. The van der Waals surface area contributed by atoms with Gasteiger partial charge in [0.2, 0.25) is 0 Å². The molecule has 54 heavy (non-hydrogen) atoms. The minimum atomic E-state index is -0.0793. The summed E-state index contributed by atoms with van der Waals surface area (Å²) in [5.74, 6) is 0. The van der Waals surface area contributed by atoms with Crippen LogP contribution in [-0.2, 0) is 10.8 Å². The molecule has 0 aromatic heterocycles. The fourth-order valence-corrected chi connectivity index (χ4v) is 10.3. The minimum absolute atomic E-state index is 0.0731. The monoisotopic (exact) mass is 690 g/mol. The normalized spacial score (nSPS) is 15.5. The highest BCUT2D eigenvalue weighted by Crippen LogP contribution is 2.53. The highest BCUT2D eigenvalue weighted by molar-refractivity contribution is 6.22. The zero-order valence-electron chi connectivity index (χ0n) is 31.4. The van der Waals surface area contributed by atoms with Crippen LogP contribution in [0.5, 0.6) is 0 Å². The largest absolute Gasteiger partial charge is 0.0764 e. The van der Waals surface area contributed by atoms with Crippen LogP contribution in [-0.4, -0.2) is 0 Å². The predicted molar refractivity (Wildman–Crippen MR) is 230 cm³/mol. The highest BCUT2D eigenvalue weighted by atomic mass is 14.4.